The Morgan fingerprint density at radius 3 is 2.12 bits per heavy atom. The topological polar surface area (TPSA) is 145 Å². The van der Waals surface area contributed by atoms with Gasteiger partial charge in [0.1, 0.15) is 11.4 Å². The van der Waals surface area contributed by atoms with Crippen molar-refractivity contribution in [2.75, 3.05) is 5.32 Å². The monoisotopic (exact) mass is 378 g/mol. The van der Waals surface area contributed by atoms with Crippen molar-refractivity contribution in [2.24, 2.45) is 0 Å². The van der Waals surface area contributed by atoms with Crippen LogP contribution in [0.1, 0.15) is 43.7 Å². The summed E-state index contributed by atoms with van der Waals surface area (Å²) in [5.74, 6) is -3.60. The van der Waals surface area contributed by atoms with Crippen LogP contribution in [0.4, 0.5) is 5.00 Å². The number of carboxylic acid groups (broad SMARTS) is 2. The fourth-order valence-electron chi connectivity index (χ4n) is 1.94. The molecule has 0 atom stereocenters. The van der Waals surface area contributed by atoms with E-state index in [1.54, 1.807) is 6.07 Å². The maximum absolute atomic E-state index is 11.6. The Kier molecular flexibility index (Phi) is 5.31. The average Bonchev–Trinajstić information content (AvgIpc) is 3.11. The number of rotatable bonds is 6. The van der Waals surface area contributed by atoms with E-state index in [9.17, 15) is 29.4 Å². The Labute approximate surface area is 149 Å². The molecular weight excluding hydrogens is 368 g/mol. The third-order valence-electron chi connectivity index (χ3n) is 2.98. The van der Waals surface area contributed by atoms with Gasteiger partial charge in [-0.25, -0.2) is 9.59 Å². The van der Waals surface area contributed by atoms with Crippen molar-refractivity contribution in [3.8, 4) is 15.8 Å². The molecule has 0 aliphatic heterocycles. The van der Waals surface area contributed by atoms with E-state index in [-0.39, 0.29) is 21.0 Å². The van der Waals surface area contributed by atoms with Gasteiger partial charge in [0.15, 0.2) is 5.78 Å². The number of thiophene rings is 2. The summed E-state index contributed by atoms with van der Waals surface area (Å²) in [7, 11) is 0. The van der Waals surface area contributed by atoms with Crippen molar-refractivity contribution < 1.29 is 29.4 Å². The molecule has 2 heterocycles. The van der Waals surface area contributed by atoms with Gasteiger partial charge in [-0.15, -0.1) is 22.7 Å². The lowest BCUT2D eigenvalue weighted by atomic mass is 10.2. The van der Waals surface area contributed by atoms with E-state index in [2.05, 4.69) is 5.32 Å². The fraction of sp³-hybridized carbons (Fsp3) is 0.133. The summed E-state index contributed by atoms with van der Waals surface area (Å²) in [5.41, 5.74) is -0.339. The maximum Gasteiger partial charge on any atom is 0.338 e. The normalized spacial score (nSPS) is 10.1. The minimum atomic E-state index is -1.28. The Morgan fingerprint density at radius 2 is 1.64 bits per heavy atom. The number of hydrogen-bond acceptors (Lipinski definition) is 7. The Bertz CT molecular complexity index is 903. The maximum atomic E-state index is 11.6. The summed E-state index contributed by atoms with van der Waals surface area (Å²) >= 11 is 1.86. The molecule has 3 N–H and O–H groups in total. The van der Waals surface area contributed by atoms with Crippen LogP contribution in [0.5, 0.6) is 0 Å². The molecule has 2 aromatic rings. The number of nitrogens with one attached hydrogen (secondary N) is 1. The molecule has 2 rings (SSSR count). The van der Waals surface area contributed by atoms with Crippen molar-refractivity contribution in [3.05, 3.63) is 28.1 Å². The summed E-state index contributed by atoms with van der Waals surface area (Å²) < 4.78 is 0. The van der Waals surface area contributed by atoms with Crippen molar-refractivity contribution in [1.29, 1.82) is 5.26 Å². The van der Waals surface area contributed by atoms with Crippen molar-refractivity contribution >= 4 is 51.3 Å². The molecule has 1 amide bonds. The molecule has 0 bridgehead atoms. The highest BCUT2D eigenvalue weighted by molar-refractivity contribution is 7.25. The van der Waals surface area contributed by atoms with E-state index in [1.165, 1.54) is 19.1 Å². The predicted molar refractivity (Wildman–Crippen MR) is 90.4 cm³/mol. The molecular formula is C15H10N2O6S2. The summed E-state index contributed by atoms with van der Waals surface area (Å²) in [5, 5.41) is 29.3. The van der Waals surface area contributed by atoms with Crippen LogP contribution in [0.3, 0.4) is 0 Å². The van der Waals surface area contributed by atoms with E-state index in [0.717, 1.165) is 22.7 Å². The predicted octanol–water partition coefficient (Wildman–Crippen LogP) is 2.93. The minimum Gasteiger partial charge on any atom is -0.478 e. The van der Waals surface area contributed by atoms with Crippen LogP contribution in [0.25, 0.3) is 9.75 Å². The Balaban J connectivity index is 2.50. The molecule has 0 unspecified atom stereocenters. The highest BCUT2D eigenvalue weighted by Crippen LogP contribution is 2.40. The largest absolute Gasteiger partial charge is 0.478 e. The smallest absolute Gasteiger partial charge is 0.338 e. The number of hydrogen-bond donors (Lipinski definition) is 3. The first kappa shape index (κ1) is 18.3. The number of anilines is 1. The molecule has 0 aliphatic rings. The lowest BCUT2D eigenvalue weighted by Crippen LogP contribution is -2.11. The number of ketones is 1. The van der Waals surface area contributed by atoms with Gasteiger partial charge >= 0.3 is 11.9 Å². The molecule has 0 spiro atoms. The van der Waals surface area contributed by atoms with E-state index in [4.69, 9.17) is 5.26 Å². The fourth-order valence-corrected chi connectivity index (χ4v) is 4.12. The molecule has 0 radical (unpaired) electrons. The number of carbonyl (C=O) groups excluding carboxylic acids is 2. The Morgan fingerprint density at radius 1 is 1.08 bits per heavy atom. The van der Waals surface area contributed by atoms with Crippen LogP contribution in [0, 0.1) is 11.3 Å². The van der Waals surface area contributed by atoms with Gasteiger partial charge in [0.25, 0.3) is 0 Å². The lowest BCUT2D eigenvalue weighted by Gasteiger charge is -2.00. The molecule has 8 nitrogen and oxygen atoms in total. The number of carbonyl (C=O) groups is 4. The second-order valence-corrected chi connectivity index (χ2v) is 6.86. The second kappa shape index (κ2) is 7.25. The van der Waals surface area contributed by atoms with Crippen LogP contribution >= 0.6 is 22.7 Å². The third-order valence-corrected chi connectivity index (χ3v) is 5.46. The van der Waals surface area contributed by atoms with E-state index in [1.807, 2.05) is 0 Å². The van der Waals surface area contributed by atoms with Gasteiger partial charge in [0.05, 0.1) is 22.1 Å². The summed E-state index contributed by atoms with van der Waals surface area (Å²) in [6.45, 7) is 1.24. The first-order valence-electron chi connectivity index (χ1n) is 6.67. The summed E-state index contributed by atoms with van der Waals surface area (Å²) in [4.78, 5) is 46.5. The minimum absolute atomic E-state index is 0.0393. The molecule has 0 aromatic carbocycles. The van der Waals surface area contributed by atoms with Crippen molar-refractivity contribution in [3.63, 3.8) is 0 Å². The SMILES string of the molecule is CC(=O)c1sc(-c2cc(C(=O)O)c(NC(=O)CC#N)s2)cc1C(=O)O. The van der Waals surface area contributed by atoms with Crippen molar-refractivity contribution in [1.82, 2.24) is 0 Å². The van der Waals surface area contributed by atoms with Crippen LogP contribution in [-0.2, 0) is 4.79 Å². The second-order valence-electron chi connectivity index (χ2n) is 4.76. The van der Waals surface area contributed by atoms with Gasteiger partial charge in [-0.2, -0.15) is 5.26 Å². The zero-order chi connectivity index (χ0) is 18.7. The highest BCUT2D eigenvalue weighted by Gasteiger charge is 2.23. The lowest BCUT2D eigenvalue weighted by molar-refractivity contribution is -0.115. The average molecular weight is 378 g/mol. The third kappa shape index (κ3) is 3.90. The summed E-state index contributed by atoms with van der Waals surface area (Å²) in [6, 6.07) is 4.24. The molecule has 0 fully saturated rings. The van der Waals surface area contributed by atoms with Crippen LogP contribution < -0.4 is 5.32 Å². The molecule has 10 heteroatoms. The van der Waals surface area contributed by atoms with E-state index in [0.29, 0.717) is 9.75 Å². The highest BCUT2D eigenvalue weighted by atomic mass is 32.1. The summed E-state index contributed by atoms with van der Waals surface area (Å²) in [6.07, 6.45) is -0.428. The van der Waals surface area contributed by atoms with Gasteiger partial charge in [0, 0.05) is 9.75 Å². The molecule has 0 saturated heterocycles. The zero-order valence-corrected chi connectivity index (χ0v) is 14.3. The number of Topliss-reactive ketones (excluding diaryl/α,β-unsaturated/α-hetero) is 1. The zero-order valence-electron chi connectivity index (χ0n) is 12.7. The molecule has 25 heavy (non-hydrogen) atoms. The Hall–Kier alpha value is -3.03. The number of amides is 1. The molecule has 0 saturated carbocycles. The first-order chi connectivity index (χ1) is 11.7. The van der Waals surface area contributed by atoms with Gasteiger partial charge < -0.3 is 15.5 Å². The number of aromatic carboxylic acids is 2. The van der Waals surface area contributed by atoms with Crippen molar-refractivity contribution in [2.45, 2.75) is 13.3 Å². The number of carboxylic acids is 2. The van der Waals surface area contributed by atoms with Crippen LogP contribution in [0.2, 0.25) is 0 Å². The van der Waals surface area contributed by atoms with Gasteiger partial charge in [-0.1, -0.05) is 0 Å². The van der Waals surface area contributed by atoms with Gasteiger partial charge in [-0.3, -0.25) is 9.59 Å². The first-order valence-corrected chi connectivity index (χ1v) is 8.30. The quantitative estimate of drug-likeness (QED) is 0.655. The number of nitrogens with zero attached hydrogens (tertiary/aromatic N) is 1. The van der Waals surface area contributed by atoms with Crippen LogP contribution in [-0.4, -0.2) is 33.8 Å². The van der Waals surface area contributed by atoms with Gasteiger partial charge in [0.2, 0.25) is 5.91 Å². The number of nitriles is 1. The van der Waals surface area contributed by atoms with Gasteiger partial charge in [-0.05, 0) is 19.1 Å². The van der Waals surface area contributed by atoms with E-state index < -0.39 is 30.0 Å². The molecule has 128 valence electrons. The van der Waals surface area contributed by atoms with E-state index >= 15 is 0 Å². The standard InChI is InChI=1S/C15H10N2O6S2/c1-6(18)12-7(14(20)21)4-9(24-12)10-5-8(15(22)23)13(25-10)17-11(19)2-3-16/h4-5H,2H2,1H3,(H,17,19)(H,20,21)(H,22,23). The molecule has 0 aliphatic carbocycles. The molecule has 2 aromatic heterocycles. The van der Waals surface area contributed by atoms with Crippen LogP contribution in [0.15, 0.2) is 12.1 Å².